The van der Waals surface area contributed by atoms with Gasteiger partial charge in [0.05, 0.1) is 12.6 Å². The number of rotatable bonds is 6. The van der Waals surface area contributed by atoms with Crippen LogP contribution in [0.25, 0.3) is 0 Å². The van der Waals surface area contributed by atoms with Crippen molar-refractivity contribution in [3.8, 4) is 0 Å². The molecule has 1 aliphatic rings. The molecule has 2 rings (SSSR count). The lowest BCUT2D eigenvalue weighted by Gasteiger charge is -2.23. The molecule has 0 spiro atoms. The number of hydrogen-bond acceptors (Lipinski definition) is 5. The molecule has 5 heteroatoms. The molecule has 16 heavy (non-hydrogen) atoms. The zero-order chi connectivity index (χ0) is 11.4. The monoisotopic (exact) mass is 225 g/mol. The molecule has 0 bridgehead atoms. The van der Waals surface area contributed by atoms with E-state index in [0.717, 1.165) is 12.3 Å². The van der Waals surface area contributed by atoms with Crippen LogP contribution in [-0.4, -0.2) is 23.4 Å². The molecule has 1 fully saturated rings. The lowest BCUT2D eigenvalue weighted by molar-refractivity contribution is 0.130. The topological polar surface area (TPSA) is 74.2 Å². The summed E-state index contributed by atoms with van der Waals surface area (Å²) >= 11 is 0. The third-order valence-corrected chi connectivity index (χ3v) is 3.01. The van der Waals surface area contributed by atoms with Crippen molar-refractivity contribution in [2.24, 2.45) is 11.7 Å². The van der Waals surface area contributed by atoms with Crippen molar-refractivity contribution >= 4 is 0 Å². The van der Waals surface area contributed by atoms with E-state index in [-0.39, 0.29) is 6.04 Å². The number of aromatic nitrogens is 2. The van der Waals surface area contributed by atoms with Crippen molar-refractivity contribution in [3.05, 3.63) is 11.7 Å². The maximum atomic E-state index is 5.86. The van der Waals surface area contributed by atoms with Crippen molar-refractivity contribution in [1.82, 2.24) is 10.1 Å². The van der Waals surface area contributed by atoms with Crippen LogP contribution in [0, 0.1) is 5.92 Å². The lowest BCUT2D eigenvalue weighted by atomic mass is 9.83. The van der Waals surface area contributed by atoms with Gasteiger partial charge in [0.25, 0.3) is 0 Å². The third kappa shape index (κ3) is 2.80. The molecule has 1 aromatic heterocycles. The molecular weight excluding hydrogens is 206 g/mol. The molecule has 0 radical (unpaired) electrons. The normalized spacial score (nSPS) is 18.4. The first-order valence-electron chi connectivity index (χ1n) is 5.95. The van der Waals surface area contributed by atoms with Gasteiger partial charge < -0.3 is 15.0 Å². The van der Waals surface area contributed by atoms with Crippen molar-refractivity contribution in [2.45, 2.75) is 38.6 Å². The molecule has 2 N–H and O–H groups in total. The first-order chi connectivity index (χ1) is 7.79. The van der Waals surface area contributed by atoms with Crippen molar-refractivity contribution in [2.75, 3.05) is 13.2 Å². The first kappa shape index (κ1) is 11.5. The minimum Gasteiger partial charge on any atom is -0.380 e. The fourth-order valence-electron chi connectivity index (χ4n) is 1.76. The maximum absolute atomic E-state index is 5.86. The molecule has 1 heterocycles. The lowest BCUT2D eigenvalue weighted by Crippen LogP contribution is -2.19. The predicted octanol–water partition coefficient (Wildman–Crippen LogP) is 1.45. The molecule has 0 aliphatic heterocycles. The summed E-state index contributed by atoms with van der Waals surface area (Å²) in [5.41, 5.74) is 5.86. The van der Waals surface area contributed by atoms with E-state index in [1.54, 1.807) is 0 Å². The van der Waals surface area contributed by atoms with Gasteiger partial charge in [0, 0.05) is 13.0 Å². The van der Waals surface area contributed by atoms with Crippen LogP contribution < -0.4 is 5.73 Å². The number of nitrogens with two attached hydrogens (primary N) is 1. The minimum absolute atomic E-state index is 0.279. The minimum atomic E-state index is -0.279. The second-order valence-electron chi connectivity index (χ2n) is 4.31. The average molecular weight is 225 g/mol. The van der Waals surface area contributed by atoms with Crippen molar-refractivity contribution < 1.29 is 9.26 Å². The van der Waals surface area contributed by atoms with Crippen LogP contribution in [0.3, 0.4) is 0 Å². The Kier molecular flexibility index (Phi) is 3.90. The highest BCUT2D eigenvalue weighted by atomic mass is 16.5. The predicted molar refractivity (Wildman–Crippen MR) is 58.8 cm³/mol. The van der Waals surface area contributed by atoms with Gasteiger partial charge in [-0.25, -0.2) is 0 Å². The number of hydrogen-bond donors (Lipinski definition) is 1. The molecule has 1 saturated carbocycles. The summed E-state index contributed by atoms with van der Waals surface area (Å²) in [6.45, 7) is 3.03. The highest BCUT2D eigenvalue weighted by Crippen LogP contribution is 2.29. The zero-order valence-electron chi connectivity index (χ0n) is 9.69. The Balaban J connectivity index is 1.85. The molecule has 1 aliphatic carbocycles. The van der Waals surface area contributed by atoms with Gasteiger partial charge in [0.2, 0.25) is 5.89 Å². The number of ether oxygens (including phenoxy) is 1. The molecular formula is C11H19N3O2. The van der Waals surface area contributed by atoms with Gasteiger partial charge in [-0.3, -0.25) is 0 Å². The highest BCUT2D eigenvalue weighted by molar-refractivity contribution is 4.94. The van der Waals surface area contributed by atoms with Crippen LogP contribution in [0.1, 0.15) is 43.9 Å². The van der Waals surface area contributed by atoms with Gasteiger partial charge in [-0.15, -0.1) is 0 Å². The Morgan fingerprint density at radius 2 is 2.38 bits per heavy atom. The Morgan fingerprint density at radius 1 is 1.56 bits per heavy atom. The van der Waals surface area contributed by atoms with E-state index >= 15 is 0 Å². The number of nitrogens with zero attached hydrogens (tertiary/aromatic N) is 2. The summed E-state index contributed by atoms with van der Waals surface area (Å²) in [6.07, 6.45) is 4.79. The summed E-state index contributed by atoms with van der Waals surface area (Å²) in [6, 6.07) is -0.279. The van der Waals surface area contributed by atoms with Crippen LogP contribution in [0.2, 0.25) is 0 Å². The van der Waals surface area contributed by atoms with E-state index in [1.165, 1.54) is 19.3 Å². The fraction of sp³-hybridized carbons (Fsp3) is 0.818. The van der Waals surface area contributed by atoms with Gasteiger partial charge in [0.1, 0.15) is 0 Å². The van der Waals surface area contributed by atoms with Crippen LogP contribution in [0.5, 0.6) is 0 Å². The average Bonchev–Trinajstić information content (AvgIpc) is 2.68. The van der Waals surface area contributed by atoms with Crippen LogP contribution in [0.4, 0.5) is 0 Å². The second kappa shape index (κ2) is 5.41. The van der Waals surface area contributed by atoms with Crippen LogP contribution in [0.15, 0.2) is 4.52 Å². The summed E-state index contributed by atoms with van der Waals surface area (Å²) in [5.74, 6) is 2.01. The molecule has 0 amide bonds. The largest absolute Gasteiger partial charge is 0.380 e. The van der Waals surface area contributed by atoms with E-state index in [2.05, 4.69) is 10.1 Å². The second-order valence-corrected chi connectivity index (χ2v) is 4.31. The molecule has 5 nitrogen and oxygen atoms in total. The van der Waals surface area contributed by atoms with Crippen LogP contribution in [-0.2, 0) is 11.2 Å². The van der Waals surface area contributed by atoms with E-state index in [4.69, 9.17) is 15.0 Å². The fourth-order valence-corrected chi connectivity index (χ4v) is 1.76. The Bertz CT molecular complexity index is 323. The molecule has 1 atom stereocenters. The molecule has 0 saturated heterocycles. The first-order valence-corrected chi connectivity index (χ1v) is 5.95. The van der Waals surface area contributed by atoms with E-state index in [9.17, 15) is 0 Å². The standard InChI is InChI=1S/C11H19N3O2/c1-2-15-7-9(12)11-13-10(16-14-11)6-8-4-3-5-8/h8-9H,2-7,12H2,1H3. The summed E-state index contributed by atoms with van der Waals surface area (Å²) in [4.78, 5) is 4.30. The van der Waals surface area contributed by atoms with Crippen LogP contribution >= 0.6 is 0 Å². The summed E-state index contributed by atoms with van der Waals surface area (Å²) < 4.78 is 10.4. The SMILES string of the molecule is CCOCC(N)c1noc(CC2CCC2)n1. The van der Waals surface area contributed by atoms with Gasteiger partial charge in [-0.05, 0) is 25.7 Å². The van der Waals surface area contributed by atoms with Gasteiger partial charge in [-0.1, -0.05) is 11.6 Å². The Labute approximate surface area is 95.3 Å². The third-order valence-electron chi connectivity index (χ3n) is 3.01. The highest BCUT2D eigenvalue weighted by Gasteiger charge is 2.22. The smallest absolute Gasteiger partial charge is 0.226 e. The zero-order valence-corrected chi connectivity index (χ0v) is 9.69. The maximum Gasteiger partial charge on any atom is 0.226 e. The van der Waals surface area contributed by atoms with E-state index in [1.807, 2.05) is 6.92 Å². The summed E-state index contributed by atoms with van der Waals surface area (Å²) in [7, 11) is 0. The Hall–Kier alpha value is -0.940. The van der Waals surface area contributed by atoms with Crippen molar-refractivity contribution in [3.63, 3.8) is 0 Å². The van der Waals surface area contributed by atoms with Gasteiger partial charge in [0.15, 0.2) is 5.82 Å². The van der Waals surface area contributed by atoms with Crippen molar-refractivity contribution in [1.29, 1.82) is 0 Å². The van der Waals surface area contributed by atoms with Gasteiger partial charge in [-0.2, -0.15) is 4.98 Å². The molecule has 1 aromatic rings. The quantitative estimate of drug-likeness (QED) is 0.793. The van der Waals surface area contributed by atoms with E-state index in [0.29, 0.717) is 24.9 Å². The molecule has 90 valence electrons. The van der Waals surface area contributed by atoms with Gasteiger partial charge >= 0.3 is 0 Å². The van der Waals surface area contributed by atoms with E-state index < -0.39 is 0 Å². The molecule has 0 aromatic carbocycles. The molecule has 1 unspecified atom stereocenters. The summed E-state index contributed by atoms with van der Waals surface area (Å²) in [5, 5.41) is 3.89. The Morgan fingerprint density at radius 3 is 3.00 bits per heavy atom.